The number of amidine groups is 1. The van der Waals surface area contributed by atoms with Gasteiger partial charge in [-0.25, -0.2) is 0 Å². The van der Waals surface area contributed by atoms with Crippen molar-refractivity contribution < 1.29 is 27.4 Å². The fraction of sp³-hybridized carbons (Fsp3) is 0.227. The molecule has 0 radical (unpaired) electrons. The van der Waals surface area contributed by atoms with Crippen molar-refractivity contribution in [3.63, 3.8) is 0 Å². The maximum atomic E-state index is 12.9. The standard InChI is InChI=1S/C22H20F3N3O3S/c1-3-9-31-17-8-7-15(11-18(17)30-2)13-26-28-21-27-20(29)19(32-21)12-14-5-4-6-16(10-14)22(23,24)25/h3-8,10-11,13,19H,1,9,12H2,2H3,(H,27,28,29)/b26-13+. The first-order valence-corrected chi connectivity index (χ1v) is 10.3. The molecule has 0 aliphatic carbocycles. The van der Waals surface area contributed by atoms with Crippen molar-refractivity contribution in [1.29, 1.82) is 0 Å². The molecule has 0 spiro atoms. The van der Waals surface area contributed by atoms with Crippen molar-refractivity contribution in [3.05, 3.63) is 71.8 Å². The number of thioether (sulfide) groups is 1. The highest BCUT2D eigenvalue weighted by molar-refractivity contribution is 8.15. The molecule has 0 saturated carbocycles. The number of nitrogens with zero attached hydrogens (tertiary/aromatic N) is 2. The van der Waals surface area contributed by atoms with Crippen molar-refractivity contribution in [3.8, 4) is 11.5 Å². The highest BCUT2D eigenvalue weighted by atomic mass is 32.2. The van der Waals surface area contributed by atoms with E-state index in [1.165, 1.54) is 19.4 Å². The Morgan fingerprint density at radius 3 is 2.75 bits per heavy atom. The molecule has 10 heteroatoms. The van der Waals surface area contributed by atoms with Gasteiger partial charge in [-0.3, -0.25) is 4.79 Å². The Bertz CT molecular complexity index is 1050. The Morgan fingerprint density at radius 1 is 1.22 bits per heavy atom. The Hall–Kier alpha value is -3.27. The van der Waals surface area contributed by atoms with Crippen molar-refractivity contribution in [2.24, 2.45) is 10.2 Å². The van der Waals surface area contributed by atoms with Crippen LogP contribution in [0.1, 0.15) is 16.7 Å². The first-order chi connectivity index (χ1) is 15.3. The van der Waals surface area contributed by atoms with E-state index in [9.17, 15) is 18.0 Å². The van der Waals surface area contributed by atoms with Crippen LogP contribution in [-0.2, 0) is 17.4 Å². The summed E-state index contributed by atoms with van der Waals surface area (Å²) in [4.78, 5) is 12.2. The number of hydrogen-bond donors (Lipinski definition) is 1. The molecule has 1 heterocycles. The molecule has 1 N–H and O–H groups in total. The second-order valence-electron chi connectivity index (χ2n) is 6.66. The first kappa shape index (κ1) is 23.4. The Balaban J connectivity index is 1.64. The molecule has 0 aromatic heterocycles. The van der Waals surface area contributed by atoms with E-state index in [1.807, 2.05) is 0 Å². The molecule has 1 amide bonds. The summed E-state index contributed by atoms with van der Waals surface area (Å²) < 4.78 is 49.4. The Morgan fingerprint density at radius 2 is 2.03 bits per heavy atom. The van der Waals surface area contributed by atoms with Crippen molar-refractivity contribution in [2.45, 2.75) is 17.8 Å². The van der Waals surface area contributed by atoms with Crippen LogP contribution in [0.2, 0.25) is 0 Å². The average molecular weight is 463 g/mol. The minimum Gasteiger partial charge on any atom is -0.493 e. The molecule has 1 unspecified atom stereocenters. The molecule has 6 nitrogen and oxygen atoms in total. The fourth-order valence-corrected chi connectivity index (χ4v) is 3.82. The van der Waals surface area contributed by atoms with Gasteiger partial charge in [0, 0.05) is 0 Å². The number of hydrogen-bond acceptors (Lipinski definition) is 6. The Labute approximate surface area is 187 Å². The van der Waals surface area contributed by atoms with Crippen LogP contribution in [0, 0.1) is 0 Å². The normalized spacial score (nSPS) is 17.6. The zero-order valence-corrected chi connectivity index (χ0v) is 17.9. The van der Waals surface area contributed by atoms with Crippen LogP contribution in [0.3, 0.4) is 0 Å². The van der Waals surface area contributed by atoms with Crippen LogP contribution in [0.4, 0.5) is 13.2 Å². The van der Waals surface area contributed by atoms with Crippen molar-refractivity contribution in [2.75, 3.05) is 13.7 Å². The zero-order chi connectivity index (χ0) is 23.1. The van der Waals surface area contributed by atoms with Crippen LogP contribution in [-0.4, -0.2) is 36.3 Å². The van der Waals surface area contributed by atoms with Gasteiger partial charge in [-0.1, -0.05) is 42.6 Å². The number of benzene rings is 2. The van der Waals surface area contributed by atoms with Gasteiger partial charge in [0.2, 0.25) is 5.91 Å². The van der Waals surface area contributed by atoms with E-state index in [0.29, 0.717) is 29.2 Å². The molecule has 1 aliphatic heterocycles. The van der Waals surface area contributed by atoms with E-state index in [-0.39, 0.29) is 17.5 Å². The van der Waals surface area contributed by atoms with E-state index in [0.717, 1.165) is 23.9 Å². The molecule has 1 atom stereocenters. The summed E-state index contributed by atoms with van der Waals surface area (Å²) in [6.07, 6.45) is -1.17. The quantitative estimate of drug-likeness (QED) is 0.357. The summed E-state index contributed by atoms with van der Waals surface area (Å²) in [5.41, 5.74) is 0.378. The topological polar surface area (TPSA) is 72.3 Å². The molecular weight excluding hydrogens is 443 g/mol. The van der Waals surface area contributed by atoms with Gasteiger partial charge in [-0.05, 0) is 41.8 Å². The maximum Gasteiger partial charge on any atom is 0.416 e. The van der Waals surface area contributed by atoms with Gasteiger partial charge in [0.05, 0.1) is 24.1 Å². The van der Waals surface area contributed by atoms with Gasteiger partial charge < -0.3 is 14.8 Å². The molecule has 1 saturated heterocycles. The van der Waals surface area contributed by atoms with Crippen LogP contribution >= 0.6 is 11.8 Å². The van der Waals surface area contributed by atoms with Crippen LogP contribution in [0.25, 0.3) is 0 Å². The third kappa shape index (κ3) is 6.13. The summed E-state index contributed by atoms with van der Waals surface area (Å²) in [6, 6.07) is 10.2. The molecule has 2 aromatic carbocycles. The van der Waals surface area contributed by atoms with Crippen molar-refractivity contribution in [1.82, 2.24) is 5.32 Å². The lowest BCUT2D eigenvalue weighted by molar-refractivity contribution is -0.137. The molecule has 1 fully saturated rings. The fourth-order valence-electron chi connectivity index (χ4n) is 2.86. The van der Waals surface area contributed by atoms with Gasteiger partial charge in [0.15, 0.2) is 16.7 Å². The summed E-state index contributed by atoms with van der Waals surface area (Å²) in [7, 11) is 1.52. The van der Waals surface area contributed by atoms with Gasteiger partial charge in [-0.2, -0.15) is 18.3 Å². The van der Waals surface area contributed by atoms with Gasteiger partial charge >= 0.3 is 6.18 Å². The predicted octanol–water partition coefficient (Wildman–Crippen LogP) is 4.44. The number of amides is 1. The second kappa shape index (κ2) is 10.4. The smallest absolute Gasteiger partial charge is 0.416 e. The highest BCUT2D eigenvalue weighted by Gasteiger charge is 2.33. The monoisotopic (exact) mass is 463 g/mol. The van der Waals surface area contributed by atoms with E-state index in [2.05, 4.69) is 22.1 Å². The molecule has 3 rings (SSSR count). The SMILES string of the molecule is C=CCOc1ccc(/C=N/N=C2\NC(=O)C(Cc3cccc(C(F)(F)F)c3)S2)cc1OC. The molecule has 2 aromatic rings. The minimum atomic E-state index is -4.43. The second-order valence-corrected chi connectivity index (χ2v) is 7.85. The molecule has 1 aliphatic rings. The first-order valence-electron chi connectivity index (χ1n) is 9.46. The summed E-state index contributed by atoms with van der Waals surface area (Å²) in [5.74, 6) is 0.756. The highest BCUT2D eigenvalue weighted by Crippen LogP contribution is 2.31. The zero-order valence-electron chi connectivity index (χ0n) is 17.1. The molecule has 32 heavy (non-hydrogen) atoms. The van der Waals surface area contributed by atoms with E-state index >= 15 is 0 Å². The van der Waals surface area contributed by atoms with Gasteiger partial charge in [-0.15, -0.1) is 5.10 Å². The molecular formula is C22H20F3N3O3S. The number of alkyl halides is 3. The summed E-state index contributed by atoms with van der Waals surface area (Å²) in [6.45, 7) is 3.94. The number of nitrogens with one attached hydrogen (secondary N) is 1. The lowest BCUT2D eigenvalue weighted by Gasteiger charge is -2.10. The van der Waals surface area contributed by atoms with E-state index in [1.54, 1.807) is 30.3 Å². The number of halogens is 3. The lowest BCUT2D eigenvalue weighted by atomic mass is 10.1. The number of rotatable bonds is 8. The van der Waals surface area contributed by atoms with Gasteiger partial charge in [0.25, 0.3) is 0 Å². The largest absolute Gasteiger partial charge is 0.493 e. The number of ether oxygens (including phenoxy) is 2. The van der Waals surface area contributed by atoms with Gasteiger partial charge in [0.1, 0.15) is 6.61 Å². The lowest BCUT2D eigenvalue weighted by Crippen LogP contribution is -2.26. The predicted molar refractivity (Wildman–Crippen MR) is 118 cm³/mol. The van der Waals surface area contributed by atoms with Crippen LogP contribution in [0.5, 0.6) is 11.5 Å². The van der Waals surface area contributed by atoms with E-state index in [4.69, 9.17) is 9.47 Å². The summed E-state index contributed by atoms with van der Waals surface area (Å²) in [5, 5.41) is 10.3. The van der Waals surface area contributed by atoms with Crippen molar-refractivity contribution >= 4 is 29.1 Å². The number of carbonyl (C=O) groups is 1. The number of carbonyl (C=O) groups excluding carboxylic acids is 1. The summed E-state index contributed by atoms with van der Waals surface area (Å²) >= 11 is 1.12. The van der Waals surface area contributed by atoms with E-state index < -0.39 is 17.0 Å². The minimum absolute atomic E-state index is 0.145. The third-order valence-corrected chi connectivity index (χ3v) is 5.42. The maximum absolute atomic E-state index is 12.9. The Kier molecular flexibility index (Phi) is 7.57. The van der Waals surface area contributed by atoms with Crippen LogP contribution < -0.4 is 14.8 Å². The van der Waals surface area contributed by atoms with Crippen LogP contribution in [0.15, 0.2) is 65.3 Å². The number of methoxy groups -OCH3 is 1. The molecule has 168 valence electrons. The third-order valence-electron chi connectivity index (χ3n) is 4.35. The molecule has 0 bridgehead atoms. The average Bonchev–Trinajstić information content (AvgIpc) is 3.11.